The van der Waals surface area contributed by atoms with Crippen LogP contribution in [0.15, 0.2) is 51.6 Å². The molecule has 0 aliphatic heterocycles. The van der Waals surface area contributed by atoms with Crippen molar-refractivity contribution in [1.82, 2.24) is 15.0 Å². The first-order chi connectivity index (χ1) is 13.7. The fraction of sp³-hybridized carbons (Fsp3) is 0.350. The van der Waals surface area contributed by atoms with Crippen molar-refractivity contribution < 1.29 is 26.9 Å². The monoisotopic (exact) mass is 407 g/mol. The molecule has 1 amide bonds. The minimum atomic E-state index is -4.45. The standard InChI is InChI=1S/C20H20F3N3O3/c1-13(2)12-26(19(27)16-7-4-10-28-16)9-8-17-24-18(25-29-17)14-5-3-6-15(11-14)20(21,22)23/h3-7,10-11,13H,8-9,12H2,1-2H3. The van der Waals surface area contributed by atoms with Gasteiger partial charge in [0, 0.05) is 25.1 Å². The number of aromatic nitrogens is 2. The number of carbonyl (C=O) groups excluding carboxylic acids is 1. The van der Waals surface area contributed by atoms with Gasteiger partial charge in [-0.3, -0.25) is 4.79 Å². The highest BCUT2D eigenvalue weighted by atomic mass is 19.4. The first-order valence-corrected chi connectivity index (χ1v) is 9.07. The number of amides is 1. The summed E-state index contributed by atoms with van der Waals surface area (Å²) in [6.45, 7) is 4.79. The van der Waals surface area contributed by atoms with E-state index in [0.29, 0.717) is 13.1 Å². The summed E-state index contributed by atoms with van der Waals surface area (Å²) in [5, 5.41) is 3.77. The Labute approximate surface area is 165 Å². The lowest BCUT2D eigenvalue weighted by atomic mass is 10.1. The summed E-state index contributed by atoms with van der Waals surface area (Å²) >= 11 is 0. The molecule has 2 aromatic heterocycles. The van der Waals surface area contributed by atoms with Gasteiger partial charge in [0.05, 0.1) is 11.8 Å². The second-order valence-electron chi connectivity index (χ2n) is 6.96. The molecule has 0 unspecified atom stereocenters. The Morgan fingerprint density at radius 2 is 2.00 bits per heavy atom. The van der Waals surface area contributed by atoms with Crippen LogP contribution in [-0.4, -0.2) is 34.0 Å². The SMILES string of the molecule is CC(C)CN(CCc1nc(-c2cccc(C(F)(F)F)c2)no1)C(=O)c1ccco1. The number of hydrogen-bond acceptors (Lipinski definition) is 5. The van der Waals surface area contributed by atoms with Crippen molar-refractivity contribution in [2.75, 3.05) is 13.1 Å². The number of hydrogen-bond donors (Lipinski definition) is 0. The van der Waals surface area contributed by atoms with Gasteiger partial charge in [-0.15, -0.1) is 0 Å². The molecule has 29 heavy (non-hydrogen) atoms. The maximum absolute atomic E-state index is 12.9. The van der Waals surface area contributed by atoms with Crippen LogP contribution in [-0.2, 0) is 12.6 Å². The molecule has 0 saturated heterocycles. The zero-order valence-electron chi connectivity index (χ0n) is 15.9. The third-order valence-corrected chi connectivity index (χ3v) is 4.12. The van der Waals surface area contributed by atoms with Gasteiger partial charge in [-0.1, -0.05) is 31.1 Å². The van der Waals surface area contributed by atoms with Gasteiger partial charge >= 0.3 is 6.18 Å². The molecule has 2 heterocycles. The first kappa shape index (κ1) is 20.6. The normalized spacial score (nSPS) is 11.8. The molecule has 0 saturated carbocycles. The zero-order valence-corrected chi connectivity index (χ0v) is 15.9. The third-order valence-electron chi connectivity index (χ3n) is 4.12. The number of furan rings is 1. The van der Waals surface area contributed by atoms with Gasteiger partial charge in [0.15, 0.2) is 5.76 Å². The minimum Gasteiger partial charge on any atom is -0.459 e. The summed E-state index contributed by atoms with van der Waals surface area (Å²) in [5.74, 6) is 0.525. The second-order valence-corrected chi connectivity index (χ2v) is 6.96. The Balaban J connectivity index is 1.71. The molecule has 154 valence electrons. The van der Waals surface area contributed by atoms with Gasteiger partial charge in [-0.25, -0.2) is 0 Å². The molecule has 3 rings (SSSR count). The van der Waals surface area contributed by atoms with Crippen LogP contribution in [0.4, 0.5) is 13.2 Å². The summed E-state index contributed by atoms with van der Waals surface area (Å²) in [4.78, 5) is 18.4. The second kappa shape index (κ2) is 8.50. The fourth-order valence-corrected chi connectivity index (χ4v) is 2.81. The highest BCUT2D eigenvalue weighted by Gasteiger charge is 2.30. The smallest absolute Gasteiger partial charge is 0.416 e. The largest absolute Gasteiger partial charge is 0.459 e. The molecule has 1 aromatic carbocycles. The predicted molar refractivity (Wildman–Crippen MR) is 97.9 cm³/mol. The third kappa shape index (κ3) is 5.24. The fourth-order valence-electron chi connectivity index (χ4n) is 2.81. The van der Waals surface area contributed by atoms with Crippen LogP contribution in [0, 0.1) is 5.92 Å². The van der Waals surface area contributed by atoms with E-state index in [4.69, 9.17) is 8.94 Å². The lowest BCUT2D eigenvalue weighted by molar-refractivity contribution is -0.137. The minimum absolute atomic E-state index is 0.0684. The summed E-state index contributed by atoms with van der Waals surface area (Å²) in [6.07, 6.45) is -2.75. The number of halogens is 3. The van der Waals surface area contributed by atoms with E-state index in [-0.39, 0.29) is 41.3 Å². The summed E-state index contributed by atoms with van der Waals surface area (Å²) < 4.78 is 49.0. The van der Waals surface area contributed by atoms with Crippen LogP contribution in [0.2, 0.25) is 0 Å². The van der Waals surface area contributed by atoms with Crippen LogP contribution in [0.25, 0.3) is 11.4 Å². The van der Waals surface area contributed by atoms with Gasteiger partial charge in [0.2, 0.25) is 11.7 Å². The van der Waals surface area contributed by atoms with E-state index in [9.17, 15) is 18.0 Å². The molecule has 0 atom stereocenters. The molecule has 0 aliphatic rings. The molecular weight excluding hydrogens is 387 g/mol. The van der Waals surface area contributed by atoms with E-state index >= 15 is 0 Å². The van der Waals surface area contributed by atoms with Crippen molar-refractivity contribution in [3.8, 4) is 11.4 Å². The molecule has 0 N–H and O–H groups in total. The first-order valence-electron chi connectivity index (χ1n) is 9.07. The summed E-state index contributed by atoms with van der Waals surface area (Å²) in [6, 6.07) is 7.96. The molecule has 0 aliphatic carbocycles. The molecule has 0 bridgehead atoms. The van der Waals surface area contributed by atoms with Crippen LogP contribution >= 0.6 is 0 Å². The van der Waals surface area contributed by atoms with Gasteiger partial charge in [-0.05, 0) is 30.2 Å². The number of nitrogens with zero attached hydrogens (tertiary/aromatic N) is 3. The van der Waals surface area contributed by atoms with E-state index in [2.05, 4.69) is 10.1 Å². The number of rotatable bonds is 7. The van der Waals surface area contributed by atoms with Gasteiger partial charge in [0.25, 0.3) is 5.91 Å². The molecular formula is C20H20F3N3O3. The topological polar surface area (TPSA) is 72.4 Å². The molecule has 3 aromatic rings. The molecule has 0 radical (unpaired) electrons. The van der Waals surface area contributed by atoms with Crippen LogP contribution in [0.5, 0.6) is 0 Å². The Bertz CT molecular complexity index is 949. The maximum atomic E-state index is 12.9. The van der Waals surface area contributed by atoms with E-state index in [1.165, 1.54) is 18.4 Å². The van der Waals surface area contributed by atoms with Gasteiger partial charge < -0.3 is 13.8 Å². The van der Waals surface area contributed by atoms with Crippen molar-refractivity contribution in [2.24, 2.45) is 5.92 Å². The van der Waals surface area contributed by atoms with E-state index in [1.807, 2.05) is 13.8 Å². The zero-order chi connectivity index (χ0) is 21.0. The average molecular weight is 407 g/mol. The van der Waals surface area contributed by atoms with Crippen molar-refractivity contribution in [1.29, 1.82) is 0 Å². The Morgan fingerprint density at radius 1 is 1.21 bits per heavy atom. The van der Waals surface area contributed by atoms with Gasteiger partial charge in [-0.2, -0.15) is 18.2 Å². The summed E-state index contributed by atoms with van der Waals surface area (Å²) in [7, 11) is 0. The number of benzene rings is 1. The average Bonchev–Trinajstić information content (AvgIpc) is 3.35. The predicted octanol–water partition coefficient (Wildman–Crippen LogP) is 4.69. The van der Waals surface area contributed by atoms with E-state index < -0.39 is 11.7 Å². The maximum Gasteiger partial charge on any atom is 0.416 e. The van der Waals surface area contributed by atoms with Crippen molar-refractivity contribution in [3.05, 3.63) is 59.9 Å². The quantitative estimate of drug-likeness (QED) is 0.568. The van der Waals surface area contributed by atoms with E-state index in [1.54, 1.807) is 17.0 Å². The lowest BCUT2D eigenvalue weighted by Gasteiger charge is -2.22. The molecule has 0 spiro atoms. The number of carbonyl (C=O) groups is 1. The Hall–Kier alpha value is -3.10. The van der Waals surface area contributed by atoms with Crippen molar-refractivity contribution in [3.63, 3.8) is 0 Å². The Kier molecular flexibility index (Phi) is 6.05. The van der Waals surface area contributed by atoms with E-state index in [0.717, 1.165) is 12.1 Å². The molecule has 9 heteroatoms. The number of alkyl halides is 3. The molecule has 6 nitrogen and oxygen atoms in total. The lowest BCUT2D eigenvalue weighted by Crippen LogP contribution is -2.35. The Morgan fingerprint density at radius 3 is 2.66 bits per heavy atom. The van der Waals surface area contributed by atoms with Crippen LogP contribution in [0.1, 0.15) is 35.9 Å². The van der Waals surface area contributed by atoms with Gasteiger partial charge in [0.1, 0.15) is 0 Å². The van der Waals surface area contributed by atoms with Crippen LogP contribution in [0.3, 0.4) is 0 Å². The highest BCUT2D eigenvalue weighted by molar-refractivity contribution is 5.91. The summed E-state index contributed by atoms with van der Waals surface area (Å²) in [5.41, 5.74) is -0.575. The highest BCUT2D eigenvalue weighted by Crippen LogP contribution is 2.31. The van der Waals surface area contributed by atoms with Crippen molar-refractivity contribution >= 4 is 5.91 Å². The van der Waals surface area contributed by atoms with Crippen LogP contribution < -0.4 is 0 Å². The molecule has 0 fully saturated rings. The van der Waals surface area contributed by atoms with Crippen molar-refractivity contribution in [2.45, 2.75) is 26.4 Å².